The number of amides is 1. The van der Waals surface area contributed by atoms with Crippen LogP contribution in [0, 0.1) is 0 Å². The van der Waals surface area contributed by atoms with Crippen LogP contribution in [0.2, 0.25) is 0 Å². The lowest BCUT2D eigenvalue weighted by molar-refractivity contribution is 0.0528. The van der Waals surface area contributed by atoms with E-state index in [0.717, 1.165) is 26.2 Å². The van der Waals surface area contributed by atoms with Crippen molar-refractivity contribution in [2.75, 3.05) is 11.9 Å². The van der Waals surface area contributed by atoms with Crippen LogP contribution in [-0.2, 0) is 11.3 Å². The van der Waals surface area contributed by atoms with Crippen molar-refractivity contribution in [1.82, 2.24) is 0 Å². The van der Waals surface area contributed by atoms with E-state index in [1.807, 2.05) is 60.7 Å². The minimum atomic E-state index is -0.449. The molecule has 7 heteroatoms. The number of carbonyl (C=O) groups excluding carboxylic acids is 2. The molecule has 0 saturated heterocycles. The Labute approximate surface area is 223 Å². The van der Waals surface area contributed by atoms with Crippen molar-refractivity contribution < 1.29 is 19.1 Å². The van der Waals surface area contributed by atoms with Crippen LogP contribution in [0.3, 0.4) is 0 Å². The van der Waals surface area contributed by atoms with Gasteiger partial charge < -0.3 is 14.8 Å². The minimum Gasteiger partial charge on any atom is -0.488 e. The fourth-order valence-corrected chi connectivity index (χ4v) is 5.15. The standard InChI is InChI=1S/C29H26BrNO4S/c1-3-34-29(33)23-17-26(19(2)21-9-5-4-6-10-21)36-28(23)31-27(32)22-15-13-20(14-16-22)18-35-25-12-8-7-11-24(25)30/h4-17,19H,3,18H2,1-2H3,(H,31,32)/t19-/m1/s1. The summed E-state index contributed by atoms with van der Waals surface area (Å²) < 4.78 is 12.0. The maximum Gasteiger partial charge on any atom is 0.341 e. The highest BCUT2D eigenvalue weighted by atomic mass is 79.9. The number of benzene rings is 3. The lowest BCUT2D eigenvalue weighted by atomic mass is 9.99. The van der Waals surface area contributed by atoms with Gasteiger partial charge in [-0.15, -0.1) is 11.3 Å². The highest BCUT2D eigenvalue weighted by Gasteiger charge is 2.22. The lowest BCUT2D eigenvalue weighted by Gasteiger charge is -2.10. The first-order valence-electron chi connectivity index (χ1n) is 11.6. The van der Waals surface area contributed by atoms with Crippen LogP contribution in [0.5, 0.6) is 5.75 Å². The van der Waals surface area contributed by atoms with Gasteiger partial charge in [-0.05, 0) is 64.3 Å². The van der Waals surface area contributed by atoms with E-state index in [-0.39, 0.29) is 18.4 Å². The molecule has 0 bridgehead atoms. The van der Waals surface area contributed by atoms with E-state index in [1.165, 1.54) is 11.3 Å². The summed E-state index contributed by atoms with van der Waals surface area (Å²) in [7, 11) is 0. The predicted molar refractivity (Wildman–Crippen MR) is 147 cm³/mol. The van der Waals surface area contributed by atoms with Crippen molar-refractivity contribution in [1.29, 1.82) is 0 Å². The van der Waals surface area contributed by atoms with Gasteiger partial charge in [0, 0.05) is 16.4 Å². The van der Waals surface area contributed by atoms with Crippen molar-refractivity contribution in [3.8, 4) is 5.75 Å². The first-order valence-corrected chi connectivity index (χ1v) is 13.2. The summed E-state index contributed by atoms with van der Waals surface area (Å²) in [6.45, 7) is 4.48. The van der Waals surface area contributed by atoms with E-state index >= 15 is 0 Å². The first-order chi connectivity index (χ1) is 17.5. The number of carbonyl (C=O) groups is 2. The highest BCUT2D eigenvalue weighted by Crippen LogP contribution is 2.36. The normalized spacial score (nSPS) is 11.5. The average Bonchev–Trinajstić information content (AvgIpc) is 3.32. The van der Waals surface area contributed by atoms with Gasteiger partial charge in [0.05, 0.1) is 16.6 Å². The quantitative estimate of drug-likeness (QED) is 0.212. The van der Waals surface area contributed by atoms with Crippen molar-refractivity contribution in [2.24, 2.45) is 0 Å². The highest BCUT2D eigenvalue weighted by molar-refractivity contribution is 9.10. The van der Waals surface area contributed by atoms with Gasteiger partial charge in [0.2, 0.25) is 0 Å². The van der Waals surface area contributed by atoms with E-state index in [4.69, 9.17) is 9.47 Å². The van der Waals surface area contributed by atoms with Crippen LogP contribution >= 0.6 is 27.3 Å². The third-order valence-electron chi connectivity index (χ3n) is 5.65. The van der Waals surface area contributed by atoms with E-state index in [1.54, 1.807) is 19.1 Å². The first kappa shape index (κ1) is 25.7. The lowest BCUT2D eigenvalue weighted by Crippen LogP contribution is -2.14. The molecule has 1 aromatic heterocycles. The molecule has 1 N–H and O–H groups in total. The molecule has 36 heavy (non-hydrogen) atoms. The van der Waals surface area contributed by atoms with Crippen LogP contribution in [0.1, 0.15) is 56.5 Å². The van der Waals surface area contributed by atoms with Gasteiger partial charge in [-0.1, -0.05) is 61.5 Å². The maximum atomic E-state index is 13.0. The number of para-hydroxylation sites is 1. The van der Waals surface area contributed by atoms with Crippen LogP contribution in [-0.4, -0.2) is 18.5 Å². The molecular weight excluding hydrogens is 538 g/mol. The van der Waals surface area contributed by atoms with E-state index in [0.29, 0.717) is 22.7 Å². The second-order valence-electron chi connectivity index (χ2n) is 8.11. The number of esters is 1. The SMILES string of the molecule is CCOC(=O)c1cc([C@H](C)c2ccccc2)sc1NC(=O)c1ccc(COc2ccccc2Br)cc1. The monoisotopic (exact) mass is 563 g/mol. The van der Waals surface area contributed by atoms with E-state index in [2.05, 4.69) is 40.3 Å². The Hall–Kier alpha value is -3.42. The summed E-state index contributed by atoms with van der Waals surface area (Å²) >= 11 is 4.86. The van der Waals surface area contributed by atoms with Gasteiger partial charge in [0.15, 0.2) is 0 Å². The fraction of sp³-hybridized carbons (Fsp3) is 0.172. The van der Waals surface area contributed by atoms with Crippen molar-refractivity contribution in [3.05, 3.63) is 117 Å². The van der Waals surface area contributed by atoms with Gasteiger partial charge in [0.1, 0.15) is 17.4 Å². The van der Waals surface area contributed by atoms with Crippen LogP contribution < -0.4 is 10.1 Å². The Bertz CT molecular complexity index is 1340. The molecule has 0 radical (unpaired) electrons. The molecule has 1 heterocycles. The number of halogens is 1. The molecule has 0 unspecified atom stereocenters. The Morgan fingerprint density at radius 1 is 0.972 bits per heavy atom. The van der Waals surface area contributed by atoms with E-state index in [9.17, 15) is 9.59 Å². The Balaban J connectivity index is 1.49. The van der Waals surface area contributed by atoms with Crippen molar-refractivity contribution in [3.63, 3.8) is 0 Å². The number of anilines is 1. The molecule has 3 aromatic carbocycles. The number of nitrogens with one attached hydrogen (secondary N) is 1. The summed E-state index contributed by atoms with van der Waals surface area (Å²) in [4.78, 5) is 26.6. The summed E-state index contributed by atoms with van der Waals surface area (Å²) in [6, 6.07) is 26.7. The molecule has 1 amide bonds. The Kier molecular flexibility index (Phi) is 8.57. The van der Waals surface area contributed by atoms with Gasteiger partial charge in [-0.2, -0.15) is 0 Å². The van der Waals surface area contributed by atoms with Crippen LogP contribution in [0.4, 0.5) is 5.00 Å². The van der Waals surface area contributed by atoms with Crippen LogP contribution in [0.15, 0.2) is 89.4 Å². The topological polar surface area (TPSA) is 64.6 Å². The zero-order chi connectivity index (χ0) is 25.5. The molecule has 0 aliphatic heterocycles. The molecule has 184 valence electrons. The fourth-order valence-electron chi connectivity index (χ4n) is 3.63. The van der Waals surface area contributed by atoms with Gasteiger partial charge in [-0.25, -0.2) is 4.79 Å². The molecular formula is C29H26BrNO4S. The number of ether oxygens (including phenoxy) is 2. The molecule has 4 aromatic rings. The minimum absolute atomic E-state index is 0.0685. The number of thiophene rings is 1. The Morgan fingerprint density at radius 3 is 2.36 bits per heavy atom. The number of hydrogen-bond donors (Lipinski definition) is 1. The molecule has 0 spiro atoms. The molecule has 0 aliphatic rings. The zero-order valence-corrected chi connectivity index (χ0v) is 22.4. The van der Waals surface area contributed by atoms with Crippen LogP contribution in [0.25, 0.3) is 0 Å². The van der Waals surface area contributed by atoms with Crippen molar-refractivity contribution >= 4 is 44.1 Å². The molecule has 4 rings (SSSR count). The van der Waals surface area contributed by atoms with Crippen molar-refractivity contribution in [2.45, 2.75) is 26.4 Å². The van der Waals surface area contributed by atoms with E-state index < -0.39 is 5.97 Å². The van der Waals surface area contributed by atoms with Gasteiger partial charge >= 0.3 is 5.97 Å². The largest absolute Gasteiger partial charge is 0.488 e. The predicted octanol–water partition coefficient (Wildman–Crippen LogP) is 7.67. The smallest absolute Gasteiger partial charge is 0.341 e. The number of hydrogen-bond acceptors (Lipinski definition) is 5. The van der Waals surface area contributed by atoms with Gasteiger partial charge in [0.25, 0.3) is 5.91 Å². The zero-order valence-electron chi connectivity index (χ0n) is 20.0. The third kappa shape index (κ3) is 6.22. The Morgan fingerprint density at radius 2 is 1.67 bits per heavy atom. The molecule has 0 aliphatic carbocycles. The summed E-state index contributed by atoms with van der Waals surface area (Å²) in [6.07, 6.45) is 0. The molecule has 0 saturated carbocycles. The number of rotatable bonds is 9. The molecule has 5 nitrogen and oxygen atoms in total. The maximum absolute atomic E-state index is 13.0. The molecule has 1 atom stereocenters. The third-order valence-corrected chi connectivity index (χ3v) is 7.54. The average molecular weight is 565 g/mol. The summed E-state index contributed by atoms with van der Waals surface area (Å²) in [5, 5.41) is 3.40. The summed E-state index contributed by atoms with van der Waals surface area (Å²) in [5.74, 6) is 0.0812. The second-order valence-corrected chi connectivity index (χ2v) is 10.1. The second kappa shape index (κ2) is 12.0. The summed E-state index contributed by atoms with van der Waals surface area (Å²) in [5.41, 5.74) is 2.92. The van der Waals surface area contributed by atoms with Gasteiger partial charge in [-0.3, -0.25) is 4.79 Å². The molecule has 0 fully saturated rings.